The topological polar surface area (TPSA) is 85.1 Å². The molecule has 156 valence electrons. The van der Waals surface area contributed by atoms with Gasteiger partial charge in [0, 0.05) is 24.1 Å². The molecular formula is C23H24FN3O3. The summed E-state index contributed by atoms with van der Waals surface area (Å²) in [5.74, 6) is -0.122. The van der Waals surface area contributed by atoms with Gasteiger partial charge in [-0.1, -0.05) is 32.1 Å². The van der Waals surface area contributed by atoms with Crippen molar-refractivity contribution in [3.63, 3.8) is 0 Å². The molecule has 0 radical (unpaired) electrons. The Hall–Kier alpha value is -3.09. The van der Waals surface area contributed by atoms with Gasteiger partial charge in [0.25, 0.3) is 0 Å². The number of hydrogen-bond acceptors (Lipinski definition) is 5. The van der Waals surface area contributed by atoms with Gasteiger partial charge in [0.05, 0.1) is 10.6 Å². The minimum atomic E-state index is -0.481. The molecule has 1 unspecified atom stereocenters. The van der Waals surface area contributed by atoms with Crippen LogP contribution in [0.15, 0.2) is 36.4 Å². The fourth-order valence-electron chi connectivity index (χ4n) is 4.29. The Balaban J connectivity index is 1.57. The highest BCUT2D eigenvalue weighted by Crippen LogP contribution is 2.38. The van der Waals surface area contributed by atoms with Crippen LogP contribution in [0.2, 0.25) is 0 Å². The van der Waals surface area contributed by atoms with Gasteiger partial charge in [0.2, 0.25) is 5.82 Å². The van der Waals surface area contributed by atoms with Gasteiger partial charge < -0.3 is 5.32 Å². The number of halogens is 1. The zero-order chi connectivity index (χ0) is 21.5. The molecule has 7 heteroatoms. The highest BCUT2D eigenvalue weighted by atomic mass is 19.1. The van der Waals surface area contributed by atoms with Crippen LogP contribution in [-0.2, 0) is 6.42 Å². The number of rotatable bonds is 4. The first-order valence-corrected chi connectivity index (χ1v) is 10.1. The summed E-state index contributed by atoms with van der Waals surface area (Å²) in [6.45, 7) is 4.01. The van der Waals surface area contributed by atoms with Gasteiger partial charge >= 0.3 is 5.69 Å². The van der Waals surface area contributed by atoms with E-state index in [1.807, 2.05) is 13.8 Å². The summed E-state index contributed by atoms with van der Waals surface area (Å²) < 4.78 is 13.1. The summed E-state index contributed by atoms with van der Waals surface area (Å²) in [6, 6.07) is 7.82. The third-order valence-corrected chi connectivity index (χ3v) is 5.83. The van der Waals surface area contributed by atoms with E-state index in [0.29, 0.717) is 30.5 Å². The van der Waals surface area contributed by atoms with Crippen molar-refractivity contribution in [2.24, 2.45) is 5.41 Å². The zero-order valence-electron chi connectivity index (χ0n) is 17.1. The number of Topliss-reactive ketones (excluding diaryl/α,β-unsaturated/α-hetero) is 1. The molecule has 0 saturated heterocycles. The first kappa shape index (κ1) is 20.2. The van der Waals surface area contributed by atoms with Crippen LogP contribution in [0.3, 0.4) is 0 Å². The first-order chi connectivity index (χ1) is 14.2. The van der Waals surface area contributed by atoms with Gasteiger partial charge in [-0.3, -0.25) is 14.9 Å². The zero-order valence-corrected chi connectivity index (χ0v) is 17.1. The summed E-state index contributed by atoms with van der Waals surface area (Å²) in [5, 5.41) is 14.9. The summed E-state index contributed by atoms with van der Waals surface area (Å²) in [6.07, 6.45) is 5.32. The number of ketones is 1. The maximum Gasteiger partial charge on any atom is 0.312 e. The average molecular weight is 409 g/mol. The molecule has 1 aromatic heterocycles. The molecule has 2 aliphatic carbocycles. The molecule has 0 spiro atoms. The van der Waals surface area contributed by atoms with Crippen LogP contribution in [0.5, 0.6) is 0 Å². The second-order valence-electron chi connectivity index (χ2n) is 8.90. The lowest BCUT2D eigenvalue weighted by molar-refractivity contribution is -0.384. The average Bonchev–Trinajstić information content (AvgIpc) is 2.68. The van der Waals surface area contributed by atoms with Crippen LogP contribution < -0.4 is 5.32 Å². The van der Waals surface area contributed by atoms with E-state index in [2.05, 4.69) is 16.4 Å². The second-order valence-corrected chi connectivity index (χ2v) is 8.90. The number of anilines is 1. The number of pyridine rings is 1. The van der Waals surface area contributed by atoms with E-state index in [1.165, 1.54) is 18.2 Å². The largest absolute Gasteiger partial charge is 0.361 e. The molecule has 0 bridgehead atoms. The lowest BCUT2D eigenvalue weighted by Gasteiger charge is -2.30. The van der Waals surface area contributed by atoms with Crippen molar-refractivity contribution >= 4 is 22.9 Å². The summed E-state index contributed by atoms with van der Waals surface area (Å²) in [5.41, 5.74) is 2.77. The Kier molecular flexibility index (Phi) is 5.13. The number of carbonyl (C=O) groups excluding carboxylic acids is 1. The third-order valence-electron chi connectivity index (χ3n) is 5.83. The van der Waals surface area contributed by atoms with Crippen LogP contribution in [0.25, 0.3) is 5.57 Å². The van der Waals surface area contributed by atoms with E-state index in [4.69, 9.17) is 0 Å². The number of carbonyl (C=O) groups is 1. The van der Waals surface area contributed by atoms with Gasteiger partial charge in [0.1, 0.15) is 5.82 Å². The molecular weight excluding hydrogens is 385 g/mol. The van der Waals surface area contributed by atoms with E-state index in [0.717, 1.165) is 24.0 Å². The molecule has 4 rings (SSSR count). The molecule has 2 aliphatic rings. The predicted molar refractivity (Wildman–Crippen MR) is 113 cm³/mol. The normalized spacial score (nSPS) is 20.3. The Morgan fingerprint density at radius 1 is 1.23 bits per heavy atom. The van der Waals surface area contributed by atoms with E-state index in [-0.39, 0.29) is 34.6 Å². The minimum absolute atomic E-state index is 0.00532. The van der Waals surface area contributed by atoms with Crippen molar-refractivity contribution in [3.05, 3.63) is 69.2 Å². The molecule has 0 amide bonds. The van der Waals surface area contributed by atoms with Crippen molar-refractivity contribution in [2.75, 3.05) is 5.32 Å². The lowest BCUT2D eigenvalue weighted by atomic mass is 9.75. The van der Waals surface area contributed by atoms with E-state index in [1.54, 1.807) is 12.1 Å². The SMILES string of the molecule is CC1(C)CC(=O)c2cc([N+](=O)[O-])c(NC3CC=C(c4ccc(F)cc4)CC3)nc2C1. The maximum absolute atomic E-state index is 13.1. The van der Waals surface area contributed by atoms with Gasteiger partial charge in [0.15, 0.2) is 5.78 Å². The van der Waals surface area contributed by atoms with Crippen LogP contribution in [0.1, 0.15) is 61.1 Å². The van der Waals surface area contributed by atoms with Crippen LogP contribution in [0.4, 0.5) is 15.9 Å². The molecule has 6 nitrogen and oxygen atoms in total. The Bertz CT molecular complexity index is 1040. The van der Waals surface area contributed by atoms with Crippen molar-refractivity contribution in [1.82, 2.24) is 4.98 Å². The lowest BCUT2D eigenvalue weighted by Crippen LogP contribution is -2.29. The monoisotopic (exact) mass is 409 g/mol. The number of nitro groups is 1. The standard InChI is InChI=1S/C23H24FN3O3/c1-23(2)12-19-18(21(28)13-23)11-20(27(29)30)22(26-19)25-17-9-5-15(6-10-17)14-3-7-16(24)8-4-14/h3-5,7-8,11,17H,6,9-10,12-13H2,1-2H3,(H,25,26). The Morgan fingerprint density at radius 2 is 1.97 bits per heavy atom. The highest BCUT2D eigenvalue weighted by molar-refractivity contribution is 5.99. The molecule has 30 heavy (non-hydrogen) atoms. The van der Waals surface area contributed by atoms with Crippen LogP contribution in [-0.4, -0.2) is 21.7 Å². The Morgan fingerprint density at radius 3 is 2.60 bits per heavy atom. The van der Waals surface area contributed by atoms with Crippen LogP contribution >= 0.6 is 0 Å². The highest BCUT2D eigenvalue weighted by Gasteiger charge is 2.35. The molecule has 2 aromatic rings. The summed E-state index contributed by atoms with van der Waals surface area (Å²) >= 11 is 0. The van der Waals surface area contributed by atoms with Crippen LogP contribution in [0, 0.1) is 21.3 Å². The van der Waals surface area contributed by atoms with Gasteiger partial charge in [-0.2, -0.15) is 0 Å². The molecule has 0 aliphatic heterocycles. The maximum atomic E-state index is 13.1. The number of aromatic nitrogens is 1. The fourth-order valence-corrected chi connectivity index (χ4v) is 4.29. The quantitative estimate of drug-likeness (QED) is 0.545. The fraction of sp³-hybridized carbons (Fsp3) is 0.391. The van der Waals surface area contributed by atoms with E-state index < -0.39 is 4.92 Å². The predicted octanol–water partition coefficient (Wildman–Crippen LogP) is 5.33. The molecule has 1 atom stereocenters. The molecule has 1 N–H and O–H groups in total. The summed E-state index contributed by atoms with van der Waals surface area (Å²) in [4.78, 5) is 28.1. The first-order valence-electron chi connectivity index (χ1n) is 10.1. The number of nitrogens with one attached hydrogen (secondary N) is 1. The number of nitrogens with zero attached hydrogens (tertiary/aromatic N) is 2. The Labute approximate surface area is 174 Å². The minimum Gasteiger partial charge on any atom is -0.361 e. The second kappa shape index (κ2) is 7.63. The molecule has 1 heterocycles. The number of fused-ring (bicyclic) bond motifs is 1. The van der Waals surface area contributed by atoms with Crippen molar-refractivity contribution in [1.29, 1.82) is 0 Å². The van der Waals surface area contributed by atoms with Gasteiger partial charge in [-0.15, -0.1) is 0 Å². The smallest absolute Gasteiger partial charge is 0.312 e. The summed E-state index contributed by atoms with van der Waals surface area (Å²) in [7, 11) is 0. The van der Waals surface area contributed by atoms with E-state index in [9.17, 15) is 19.3 Å². The number of benzene rings is 1. The van der Waals surface area contributed by atoms with E-state index >= 15 is 0 Å². The van der Waals surface area contributed by atoms with Crippen molar-refractivity contribution in [3.8, 4) is 0 Å². The molecule has 0 saturated carbocycles. The van der Waals surface area contributed by atoms with Gasteiger partial charge in [-0.25, -0.2) is 9.37 Å². The van der Waals surface area contributed by atoms with Crippen molar-refractivity contribution in [2.45, 2.75) is 52.0 Å². The molecule has 0 fully saturated rings. The van der Waals surface area contributed by atoms with Gasteiger partial charge in [-0.05, 0) is 54.4 Å². The van der Waals surface area contributed by atoms with Crippen molar-refractivity contribution < 1.29 is 14.1 Å². The number of hydrogen-bond donors (Lipinski definition) is 1. The molecule has 1 aromatic carbocycles. The number of allylic oxidation sites excluding steroid dienone is 1. The third kappa shape index (κ3) is 4.10.